The van der Waals surface area contributed by atoms with Crippen LogP contribution in [0.4, 0.5) is 0 Å². The lowest BCUT2D eigenvalue weighted by Crippen LogP contribution is -2.45. The van der Waals surface area contributed by atoms with Crippen LogP contribution in [0.1, 0.15) is 26.3 Å². The number of ether oxygens (including phenoxy) is 2. The molecule has 0 saturated heterocycles. The molecule has 4 nitrogen and oxygen atoms in total. The van der Waals surface area contributed by atoms with E-state index in [1.54, 1.807) is 14.0 Å². The second-order valence-electron chi connectivity index (χ2n) is 4.56. The quantitative estimate of drug-likeness (QED) is 0.814. The van der Waals surface area contributed by atoms with Crippen molar-refractivity contribution in [1.82, 2.24) is 5.32 Å². The van der Waals surface area contributed by atoms with Gasteiger partial charge < -0.3 is 14.8 Å². The molecule has 0 fully saturated rings. The molecule has 1 unspecified atom stereocenters. The molecule has 0 amide bonds. The maximum Gasteiger partial charge on any atom is 0.330 e. The minimum absolute atomic E-state index is 0.132. The van der Waals surface area contributed by atoms with Crippen LogP contribution in [0.2, 0.25) is 0 Å². The molecule has 0 aliphatic carbocycles. The van der Waals surface area contributed by atoms with Crippen LogP contribution in [0.5, 0.6) is 5.75 Å². The summed E-state index contributed by atoms with van der Waals surface area (Å²) in [6, 6.07) is 7.44. The van der Waals surface area contributed by atoms with Gasteiger partial charge in [-0.25, -0.2) is 4.79 Å². The molecule has 0 saturated carbocycles. The van der Waals surface area contributed by atoms with Gasteiger partial charge in [-0.1, -0.05) is 12.1 Å². The number of likely N-dealkylation sites (N-methyl/N-ethyl adjacent to an activating group) is 1. The molecule has 0 aliphatic heterocycles. The van der Waals surface area contributed by atoms with Crippen LogP contribution in [0.15, 0.2) is 24.3 Å². The van der Waals surface area contributed by atoms with E-state index in [0.29, 0.717) is 0 Å². The summed E-state index contributed by atoms with van der Waals surface area (Å²) in [6.45, 7) is 5.73. The Labute approximate surface area is 108 Å². The van der Waals surface area contributed by atoms with Gasteiger partial charge in [0.15, 0.2) is 0 Å². The van der Waals surface area contributed by atoms with Crippen LogP contribution in [-0.4, -0.2) is 26.2 Å². The molecule has 1 atom stereocenters. The van der Waals surface area contributed by atoms with Gasteiger partial charge in [0.1, 0.15) is 11.3 Å². The maximum atomic E-state index is 11.8. The van der Waals surface area contributed by atoms with E-state index in [1.807, 2.05) is 38.1 Å². The highest BCUT2D eigenvalue weighted by molar-refractivity contribution is 5.82. The number of carbonyl (C=O) groups is 1. The second-order valence-corrected chi connectivity index (χ2v) is 4.56. The number of esters is 1. The predicted octanol–water partition coefficient (Wildman–Crippen LogP) is 2.08. The van der Waals surface area contributed by atoms with Crippen LogP contribution >= 0.6 is 0 Å². The molecule has 1 N–H and O–H groups in total. The van der Waals surface area contributed by atoms with Crippen molar-refractivity contribution in [2.45, 2.75) is 32.4 Å². The molecule has 0 spiro atoms. The number of carbonyl (C=O) groups excluding carboxylic acids is 1. The summed E-state index contributed by atoms with van der Waals surface area (Å²) in [7, 11) is 3.11. The first-order chi connectivity index (χ1) is 8.43. The number of hydrogen-bond acceptors (Lipinski definition) is 4. The topological polar surface area (TPSA) is 47.6 Å². The third kappa shape index (κ3) is 3.01. The smallest absolute Gasteiger partial charge is 0.330 e. The van der Waals surface area contributed by atoms with E-state index in [2.05, 4.69) is 5.32 Å². The van der Waals surface area contributed by atoms with E-state index in [0.717, 1.165) is 11.3 Å². The Hall–Kier alpha value is -1.55. The first kappa shape index (κ1) is 14.5. The van der Waals surface area contributed by atoms with Gasteiger partial charge in [-0.2, -0.15) is 0 Å². The van der Waals surface area contributed by atoms with Crippen LogP contribution in [-0.2, 0) is 15.1 Å². The first-order valence-corrected chi connectivity index (χ1v) is 5.98. The third-order valence-corrected chi connectivity index (χ3v) is 2.90. The van der Waals surface area contributed by atoms with Gasteiger partial charge >= 0.3 is 5.97 Å². The summed E-state index contributed by atoms with van der Waals surface area (Å²) < 4.78 is 10.4. The Morgan fingerprint density at radius 3 is 2.22 bits per heavy atom. The molecular formula is C14H21NO3. The highest BCUT2D eigenvalue weighted by Crippen LogP contribution is 2.24. The lowest BCUT2D eigenvalue weighted by atomic mass is 9.92. The Kier molecular flexibility index (Phi) is 4.73. The van der Waals surface area contributed by atoms with Gasteiger partial charge in [0.2, 0.25) is 0 Å². The molecule has 0 heterocycles. The number of methoxy groups -OCH3 is 1. The van der Waals surface area contributed by atoms with E-state index in [-0.39, 0.29) is 12.1 Å². The lowest BCUT2D eigenvalue weighted by molar-refractivity contribution is -0.148. The Morgan fingerprint density at radius 2 is 1.83 bits per heavy atom. The average molecular weight is 251 g/mol. The van der Waals surface area contributed by atoms with Crippen molar-refractivity contribution in [2.24, 2.45) is 0 Å². The van der Waals surface area contributed by atoms with E-state index >= 15 is 0 Å². The Bertz CT molecular complexity index is 400. The fourth-order valence-corrected chi connectivity index (χ4v) is 1.71. The summed E-state index contributed by atoms with van der Waals surface area (Å²) in [5.41, 5.74) is -0.00145. The molecule has 18 heavy (non-hydrogen) atoms. The molecule has 0 aliphatic rings. The number of nitrogens with one attached hydrogen (secondary N) is 1. The number of hydrogen-bond donors (Lipinski definition) is 1. The predicted molar refractivity (Wildman–Crippen MR) is 70.6 cm³/mol. The molecule has 0 radical (unpaired) electrons. The monoisotopic (exact) mass is 251 g/mol. The van der Waals surface area contributed by atoms with Crippen LogP contribution < -0.4 is 10.1 Å². The van der Waals surface area contributed by atoms with Crippen molar-refractivity contribution in [1.29, 1.82) is 0 Å². The highest BCUT2D eigenvalue weighted by atomic mass is 16.5. The van der Waals surface area contributed by atoms with Gasteiger partial charge in [0.05, 0.1) is 13.2 Å². The van der Waals surface area contributed by atoms with Gasteiger partial charge in [-0.15, -0.1) is 0 Å². The second kappa shape index (κ2) is 5.87. The molecule has 1 aromatic rings. The molecule has 0 bridgehead atoms. The van der Waals surface area contributed by atoms with E-state index in [1.165, 1.54) is 7.11 Å². The third-order valence-electron chi connectivity index (χ3n) is 2.90. The van der Waals surface area contributed by atoms with Crippen LogP contribution in [0.3, 0.4) is 0 Å². The molecule has 1 rings (SSSR count). The van der Waals surface area contributed by atoms with Crippen molar-refractivity contribution >= 4 is 5.97 Å². The maximum absolute atomic E-state index is 11.8. The molecule has 0 aromatic heterocycles. The summed E-state index contributed by atoms with van der Waals surface area (Å²) >= 11 is 0. The largest absolute Gasteiger partial charge is 0.491 e. The Balaban J connectivity index is 2.98. The van der Waals surface area contributed by atoms with Crippen molar-refractivity contribution in [3.8, 4) is 5.75 Å². The lowest BCUT2D eigenvalue weighted by Gasteiger charge is -2.26. The fourth-order valence-electron chi connectivity index (χ4n) is 1.71. The van der Waals surface area contributed by atoms with Gasteiger partial charge in [-0.3, -0.25) is 0 Å². The zero-order valence-corrected chi connectivity index (χ0v) is 11.6. The summed E-state index contributed by atoms with van der Waals surface area (Å²) in [5.74, 6) is 0.472. The summed E-state index contributed by atoms with van der Waals surface area (Å²) in [6.07, 6.45) is 0.132. The normalized spacial score (nSPS) is 14.1. The van der Waals surface area contributed by atoms with Crippen LogP contribution in [0.25, 0.3) is 0 Å². The summed E-state index contributed by atoms with van der Waals surface area (Å²) in [5, 5.41) is 2.99. The molecular weight excluding hydrogens is 230 g/mol. The van der Waals surface area contributed by atoms with Gasteiger partial charge in [0.25, 0.3) is 0 Å². The van der Waals surface area contributed by atoms with Crippen molar-refractivity contribution in [2.75, 3.05) is 14.2 Å². The average Bonchev–Trinajstić information content (AvgIpc) is 2.37. The SMILES string of the molecule is CNC(C)(C(=O)OC)c1ccc(OC(C)C)cc1. The fraction of sp³-hybridized carbons (Fsp3) is 0.500. The number of benzene rings is 1. The van der Waals surface area contributed by atoms with Crippen LogP contribution in [0, 0.1) is 0 Å². The van der Waals surface area contributed by atoms with Gasteiger partial charge in [-0.05, 0) is 45.5 Å². The molecule has 1 aromatic carbocycles. The summed E-state index contributed by atoms with van der Waals surface area (Å²) in [4.78, 5) is 11.8. The first-order valence-electron chi connectivity index (χ1n) is 5.98. The van der Waals surface area contributed by atoms with Crippen molar-refractivity contribution < 1.29 is 14.3 Å². The highest BCUT2D eigenvalue weighted by Gasteiger charge is 2.34. The Morgan fingerprint density at radius 1 is 1.28 bits per heavy atom. The van der Waals surface area contributed by atoms with E-state index < -0.39 is 5.54 Å². The standard InChI is InChI=1S/C14H21NO3/c1-10(2)18-12-8-6-11(7-9-12)14(3,15-4)13(16)17-5/h6-10,15H,1-5H3. The van der Waals surface area contributed by atoms with E-state index in [9.17, 15) is 4.79 Å². The van der Waals surface area contributed by atoms with Crippen molar-refractivity contribution in [3.05, 3.63) is 29.8 Å². The number of rotatable bonds is 5. The van der Waals surface area contributed by atoms with Crippen molar-refractivity contribution in [3.63, 3.8) is 0 Å². The molecule has 100 valence electrons. The molecule has 4 heteroatoms. The zero-order valence-electron chi connectivity index (χ0n) is 11.6. The minimum Gasteiger partial charge on any atom is -0.491 e. The van der Waals surface area contributed by atoms with Gasteiger partial charge in [0, 0.05) is 0 Å². The minimum atomic E-state index is -0.842. The van der Waals surface area contributed by atoms with E-state index in [4.69, 9.17) is 9.47 Å². The zero-order chi connectivity index (χ0) is 13.8.